The summed E-state index contributed by atoms with van der Waals surface area (Å²) >= 11 is 0. The standard InChI is InChI=1S/C16H24FNO2/c1-6-13(15(17)10-12(4)11(2)3)14(8-7-9-19)16(20)18-5/h6,9-10,14H,7-8H2,1-5H3,(H,18,20)/b13-6-,15-10+. The summed E-state index contributed by atoms with van der Waals surface area (Å²) in [6.07, 6.45) is 4.30. The molecule has 0 aliphatic heterocycles. The Labute approximate surface area is 120 Å². The van der Waals surface area contributed by atoms with E-state index in [1.54, 1.807) is 13.0 Å². The molecule has 0 bridgehead atoms. The van der Waals surface area contributed by atoms with E-state index in [-0.39, 0.29) is 12.3 Å². The number of halogens is 1. The smallest absolute Gasteiger partial charge is 0.227 e. The Balaban J connectivity index is 5.44. The fourth-order valence-corrected chi connectivity index (χ4v) is 1.76. The molecule has 0 radical (unpaired) electrons. The molecule has 0 heterocycles. The molecule has 1 N–H and O–H groups in total. The van der Waals surface area contributed by atoms with Gasteiger partial charge in [-0.1, -0.05) is 11.6 Å². The lowest BCUT2D eigenvalue weighted by atomic mass is 9.91. The van der Waals surface area contributed by atoms with E-state index in [9.17, 15) is 14.0 Å². The zero-order chi connectivity index (χ0) is 15.7. The number of carbonyl (C=O) groups is 2. The molecule has 1 amide bonds. The molecule has 0 saturated carbocycles. The molecule has 1 atom stereocenters. The number of nitrogens with one attached hydrogen (secondary N) is 1. The van der Waals surface area contributed by atoms with Crippen LogP contribution in [0.3, 0.4) is 0 Å². The van der Waals surface area contributed by atoms with Crippen molar-refractivity contribution in [1.82, 2.24) is 5.32 Å². The first kappa shape index (κ1) is 18.3. The van der Waals surface area contributed by atoms with Crippen molar-refractivity contribution in [3.63, 3.8) is 0 Å². The Morgan fingerprint density at radius 1 is 1.30 bits per heavy atom. The van der Waals surface area contributed by atoms with Crippen LogP contribution in [-0.2, 0) is 9.59 Å². The van der Waals surface area contributed by atoms with Crippen LogP contribution in [0, 0.1) is 5.92 Å². The topological polar surface area (TPSA) is 46.2 Å². The first-order chi connectivity index (χ1) is 9.38. The lowest BCUT2D eigenvalue weighted by Crippen LogP contribution is -2.29. The number of aldehydes is 1. The van der Waals surface area contributed by atoms with Gasteiger partial charge in [0, 0.05) is 13.5 Å². The Hall–Kier alpha value is -1.71. The minimum absolute atomic E-state index is 0.227. The van der Waals surface area contributed by atoms with E-state index >= 15 is 0 Å². The zero-order valence-electron chi connectivity index (χ0n) is 12.9. The molecule has 1 unspecified atom stereocenters. The molecule has 0 saturated heterocycles. The van der Waals surface area contributed by atoms with Crippen LogP contribution in [0.5, 0.6) is 0 Å². The van der Waals surface area contributed by atoms with Gasteiger partial charge in [0.1, 0.15) is 12.1 Å². The highest BCUT2D eigenvalue weighted by Gasteiger charge is 2.24. The van der Waals surface area contributed by atoms with Crippen molar-refractivity contribution in [2.75, 3.05) is 7.05 Å². The van der Waals surface area contributed by atoms with Crippen molar-refractivity contribution < 1.29 is 14.0 Å². The average molecular weight is 281 g/mol. The summed E-state index contributed by atoms with van der Waals surface area (Å²) in [5.74, 6) is -1.35. The molecule has 112 valence electrons. The highest BCUT2D eigenvalue weighted by Crippen LogP contribution is 2.26. The fourth-order valence-electron chi connectivity index (χ4n) is 1.76. The zero-order valence-corrected chi connectivity index (χ0v) is 12.9. The molecule has 0 aromatic heterocycles. The largest absolute Gasteiger partial charge is 0.359 e. The molecule has 0 rings (SSSR count). The molecule has 0 aliphatic carbocycles. The van der Waals surface area contributed by atoms with Crippen molar-refractivity contribution in [3.8, 4) is 0 Å². The van der Waals surface area contributed by atoms with Crippen LogP contribution < -0.4 is 5.32 Å². The van der Waals surface area contributed by atoms with Gasteiger partial charge < -0.3 is 10.1 Å². The molecular weight excluding hydrogens is 257 g/mol. The SMILES string of the molecule is C/C=C(\C(F)=C/C(C)=C(C)C)C(CCC=O)C(=O)NC. The molecular formula is C16H24FNO2. The molecule has 0 fully saturated rings. The summed E-state index contributed by atoms with van der Waals surface area (Å²) in [5.41, 5.74) is 2.17. The predicted octanol–water partition coefficient (Wildman–Crippen LogP) is 3.48. The van der Waals surface area contributed by atoms with E-state index in [1.807, 2.05) is 20.8 Å². The summed E-state index contributed by atoms with van der Waals surface area (Å²) in [6, 6.07) is 0. The maximum Gasteiger partial charge on any atom is 0.227 e. The van der Waals surface area contributed by atoms with Gasteiger partial charge in [-0.15, -0.1) is 0 Å². The number of hydrogen-bond acceptors (Lipinski definition) is 2. The monoisotopic (exact) mass is 281 g/mol. The second kappa shape index (κ2) is 9.23. The normalized spacial score (nSPS) is 13.7. The number of amides is 1. The van der Waals surface area contributed by atoms with Gasteiger partial charge in [-0.25, -0.2) is 4.39 Å². The third-order valence-corrected chi connectivity index (χ3v) is 3.23. The van der Waals surface area contributed by atoms with Crippen LogP contribution in [0.25, 0.3) is 0 Å². The van der Waals surface area contributed by atoms with Gasteiger partial charge in [0.05, 0.1) is 5.92 Å². The van der Waals surface area contributed by atoms with Gasteiger partial charge in [-0.3, -0.25) is 4.79 Å². The van der Waals surface area contributed by atoms with E-state index in [0.717, 1.165) is 17.4 Å². The average Bonchev–Trinajstić information content (AvgIpc) is 2.42. The van der Waals surface area contributed by atoms with Gasteiger partial charge in [0.2, 0.25) is 5.91 Å². The van der Waals surface area contributed by atoms with Gasteiger partial charge in [-0.2, -0.15) is 0 Å². The second-order valence-corrected chi connectivity index (χ2v) is 4.83. The van der Waals surface area contributed by atoms with Crippen LogP contribution in [0.15, 0.2) is 34.7 Å². The summed E-state index contributed by atoms with van der Waals surface area (Å²) < 4.78 is 14.3. The highest BCUT2D eigenvalue weighted by atomic mass is 19.1. The number of rotatable bonds is 7. The van der Waals surface area contributed by atoms with Gasteiger partial charge >= 0.3 is 0 Å². The molecule has 3 nitrogen and oxygen atoms in total. The summed E-state index contributed by atoms with van der Waals surface area (Å²) in [7, 11) is 1.51. The Morgan fingerprint density at radius 2 is 1.90 bits per heavy atom. The van der Waals surface area contributed by atoms with Crippen molar-refractivity contribution in [2.24, 2.45) is 5.92 Å². The van der Waals surface area contributed by atoms with Gasteiger partial charge in [-0.05, 0) is 51.3 Å². The third kappa shape index (κ3) is 5.51. The maximum absolute atomic E-state index is 14.3. The number of hydrogen-bond donors (Lipinski definition) is 1. The van der Waals surface area contributed by atoms with E-state index in [2.05, 4.69) is 5.32 Å². The maximum atomic E-state index is 14.3. The van der Waals surface area contributed by atoms with E-state index < -0.39 is 11.7 Å². The third-order valence-electron chi connectivity index (χ3n) is 3.23. The van der Waals surface area contributed by atoms with Crippen LogP contribution in [-0.4, -0.2) is 19.2 Å². The van der Waals surface area contributed by atoms with Gasteiger partial charge in [0.15, 0.2) is 0 Å². The van der Waals surface area contributed by atoms with Crippen molar-refractivity contribution in [1.29, 1.82) is 0 Å². The highest BCUT2D eigenvalue weighted by molar-refractivity contribution is 5.82. The summed E-state index contributed by atoms with van der Waals surface area (Å²) in [6.45, 7) is 7.31. The van der Waals surface area contributed by atoms with Crippen LogP contribution in [0.2, 0.25) is 0 Å². The second-order valence-electron chi connectivity index (χ2n) is 4.83. The molecule has 0 aromatic rings. The summed E-state index contributed by atoms with van der Waals surface area (Å²) in [4.78, 5) is 22.4. The quantitative estimate of drug-likeness (QED) is 0.573. The minimum atomic E-state index is -0.642. The van der Waals surface area contributed by atoms with Crippen molar-refractivity contribution in [3.05, 3.63) is 34.7 Å². The Kier molecular flexibility index (Phi) is 8.45. The fraction of sp³-hybridized carbons (Fsp3) is 0.500. The lowest BCUT2D eigenvalue weighted by molar-refractivity contribution is -0.123. The predicted molar refractivity (Wildman–Crippen MR) is 79.9 cm³/mol. The van der Waals surface area contributed by atoms with Gasteiger partial charge in [0.25, 0.3) is 0 Å². The summed E-state index contributed by atoms with van der Waals surface area (Å²) in [5, 5.41) is 2.52. The molecule has 0 aromatic carbocycles. The molecule has 0 aliphatic rings. The van der Waals surface area contributed by atoms with Crippen LogP contribution >= 0.6 is 0 Å². The number of carbonyl (C=O) groups excluding carboxylic acids is 2. The number of allylic oxidation sites excluding steroid dienone is 5. The van der Waals surface area contributed by atoms with E-state index in [0.29, 0.717) is 12.0 Å². The molecule has 4 heteroatoms. The lowest BCUT2D eigenvalue weighted by Gasteiger charge is -2.17. The molecule has 20 heavy (non-hydrogen) atoms. The van der Waals surface area contributed by atoms with Crippen molar-refractivity contribution in [2.45, 2.75) is 40.5 Å². The van der Waals surface area contributed by atoms with Crippen LogP contribution in [0.1, 0.15) is 40.5 Å². The van der Waals surface area contributed by atoms with E-state index in [4.69, 9.17) is 0 Å². The first-order valence-electron chi connectivity index (χ1n) is 6.72. The van der Waals surface area contributed by atoms with E-state index in [1.165, 1.54) is 13.1 Å². The Bertz CT molecular complexity index is 443. The molecule has 0 spiro atoms. The first-order valence-corrected chi connectivity index (χ1v) is 6.72. The van der Waals surface area contributed by atoms with Crippen LogP contribution in [0.4, 0.5) is 4.39 Å². The Morgan fingerprint density at radius 3 is 2.30 bits per heavy atom. The minimum Gasteiger partial charge on any atom is -0.359 e. The van der Waals surface area contributed by atoms with Crippen molar-refractivity contribution >= 4 is 12.2 Å².